The molecule has 0 spiro atoms. The molecule has 0 fully saturated rings. The summed E-state index contributed by atoms with van der Waals surface area (Å²) in [5, 5.41) is 12.0. The first-order valence-electron chi connectivity index (χ1n) is 8.70. The van der Waals surface area contributed by atoms with Crippen LogP contribution in [0.15, 0.2) is 104 Å². The molecule has 0 heterocycles. The third kappa shape index (κ3) is 4.27. The van der Waals surface area contributed by atoms with Gasteiger partial charge in [0.05, 0.1) is 15.5 Å². The van der Waals surface area contributed by atoms with E-state index in [-0.39, 0.29) is 10.6 Å². The topological polar surface area (TPSA) is 66.4 Å². The summed E-state index contributed by atoms with van der Waals surface area (Å²) in [7, 11) is -3.80. The second-order valence-corrected chi connectivity index (χ2v) is 10.0. The van der Waals surface area contributed by atoms with Crippen molar-refractivity contribution >= 4 is 54.2 Å². The van der Waals surface area contributed by atoms with Crippen LogP contribution >= 0.6 is 27.7 Å². The monoisotopic (exact) mass is 485 g/mol. The molecule has 4 nitrogen and oxygen atoms in total. The summed E-state index contributed by atoms with van der Waals surface area (Å²) >= 11 is 4.68. The van der Waals surface area contributed by atoms with E-state index >= 15 is 0 Å². The largest absolute Gasteiger partial charge is 0.506 e. The normalized spacial score (nSPS) is 11.5. The maximum atomic E-state index is 13.0. The van der Waals surface area contributed by atoms with Crippen LogP contribution in [0.4, 0.5) is 5.69 Å². The summed E-state index contributed by atoms with van der Waals surface area (Å²) in [6, 6.07) is 25.0. The molecule has 0 aliphatic heterocycles. The van der Waals surface area contributed by atoms with Crippen LogP contribution in [0, 0.1) is 0 Å². The first-order chi connectivity index (χ1) is 13.9. The molecular weight excluding hydrogens is 470 g/mol. The van der Waals surface area contributed by atoms with Gasteiger partial charge in [0, 0.05) is 20.1 Å². The maximum absolute atomic E-state index is 13.0. The summed E-state index contributed by atoms with van der Waals surface area (Å²) < 4.78 is 29.3. The number of nitrogens with one attached hydrogen (secondary N) is 1. The van der Waals surface area contributed by atoms with E-state index in [1.54, 1.807) is 36.4 Å². The number of phenols is 1. The van der Waals surface area contributed by atoms with Gasteiger partial charge in [-0.15, -0.1) is 0 Å². The summed E-state index contributed by atoms with van der Waals surface area (Å²) in [6.07, 6.45) is 0. The molecule has 0 radical (unpaired) electrons. The molecule has 0 aromatic heterocycles. The Balaban J connectivity index is 1.82. The van der Waals surface area contributed by atoms with Crippen molar-refractivity contribution < 1.29 is 13.5 Å². The molecule has 0 atom stereocenters. The number of anilines is 1. The minimum Gasteiger partial charge on any atom is -0.506 e. The lowest BCUT2D eigenvalue weighted by Gasteiger charge is -2.15. The quantitative estimate of drug-likeness (QED) is 0.327. The first-order valence-corrected chi connectivity index (χ1v) is 11.8. The summed E-state index contributed by atoms with van der Waals surface area (Å²) in [5.74, 6) is 0.125. The predicted octanol–water partition coefficient (Wildman–Crippen LogP) is 6.26. The molecule has 146 valence electrons. The van der Waals surface area contributed by atoms with Gasteiger partial charge in [0.25, 0.3) is 10.0 Å². The molecule has 4 aromatic carbocycles. The van der Waals surface area contributed by atoms with Crippen LogP contribution in [0.3, 0.4) is 0 Å². The lowest BCUT2D eigenvalue weighted by molar-refractivity contribution is 0.469. The van der Waals surface area contributed by atoms with Gasteiger partial charge in [-0.3, -0.25) is 4.72 Å². The number of aromatic hydroxyl groups is 1. The molecule has 0 amide bonds. The number of benzene rings is 4. The van der Waals surface area contributed by atoms with Gasteiger partial charge in [-0.2, -0.15) is 0 Å². The summed E-state index contributed by atoms with van der Waals surface area (Å²) in [5.41, 5.74) is 0.414. The second kappa shape index (κ2) is 8.10. The fourth-order valence-corrected chi connectivity index (χ4v) is 5.55. The van der Waals surface area contributed by atoms with E-state index in [2.05, 4.69) is 20.7 Å². The molecule has 4 aromatic rings. The van der Waals surface area contributed by atoms with Gasteiger partial charge >= 0.3 is 0 Å². The predicted molar refractivity (Wildman–Crippen MR) is 121 cm³/mol. The Bertz CT molecular complexity index is 1290. The zero-order valence-corrected chi connectivity index (χ0v) is 18.3. The van der Waals surface area contributed by atoms with Crippen molar-refractivity contribution in [3.8, 4) is 5.75 Å². The number of phenolic OH excluding ortho intramolecular Hbond substituents is 1. The van der Waals surface area contributed by atoms with E-state index < -0.39 is 10.0 Å². The molecule has 0 saturated heterocycles. The Morgan fingerprint density at radius 1 is 0.828 bits per heavy atom. The molecule has 0 aliphatic carbocycles. The van der Waals surface area contributed by atoms with E-state index in [1.807, 2.05) is 42.5 Å². The average molecular weight is 486 g/mol. The Labute approximate surface area is 181 Å². The zero-order chi connectivity index (χ0) is 20.4. The summed E-state index contributed by atoms with van der Waals surface area (Å²) in [4.78, 5) is 1.67. The van der Waals surface area contributed by atoms with Crippen LogP contribution < -0.4 is 4.72 Å². The molecule has 0 saturated carbocycles. The van der Waals surface area contributed by atoms with Crippen molar-refractivity contribution in [1.29, 1.82) is 0 Å². The molecule has 4 rings (SSSR count). The Morgan fingerprint density at radius 2 is 1.52 bits per heavy atom. The third-order valence-electron chi connectivity index (χ3n) is 4.30. The molecular formula is C22H16BrNO3S2. The van der Waals surface area contributed by atoms with Gasteiger partial charge in [-0.05, 0) is 36.4 Å². The standard InChI is InChI=1S/C22H16BrNO3S2/c23-15-7-6-10-17(13-15)29(26,27)24-20-14-21(28-16-8-2-1-3-9-16)22(25)19-12-5-4-11-18(19)20/h1-14,24-25H. The maximum Gasteiger partial charge on any atom is 0.261 e. The van der Waals surface area contributed by atoms with Crippen LogP contribution in [-0.2, 0) is 10.0 Å². The highest BCUT2D eigenvalue weighted by molar-refractivity contribution is 9.10. The number of halogens is 1. The van der Waals surface area contributed by atoms with E-state index in [4.69, 9.17) is 0 Å². The number of sulfonamides is 1. The number of rotatable bonds is 5. The zero-order valence-electron chi connectivity index (χ0n) is 15.0. The molecule has 7 heteroatoms. The number of hydrogen-bond acceptors (Lipinski definition) is 4. The Morgan fingerprint density at radius 3 is 2.24 bits per heavy atom. The smallest absolute Gasteiger partial charge is 0.261 e. The Kier molecular flexibility index (Phi) is 5.54. The van der Waals surface area contributed by atoms with Gasteiger partial charge in [0.1, 0.15) is 5.75 Å². The van der Waals surface area contributed by atoms with Crippen molar-refractivity contribution in [3.63, 3.8) is 0 Å². The van der Waals surface area contributed by atoms with Crippen LogP contribution in [0.5, 0.6) is 5.75 Å². The lowest BCUT2D eigenvalue weighted by atomic mass is 10.1. The molecule has 2 N–H and O–H groups in total. The highest BCUT2D eigenvalue weighted by Crippen LogP contribution is 2.42. The van der Waals surface area contributed by atoms with Crippen LogP contribution in [0.1, 0.15) is 0 Å². The summed E-state index contributed by atoms with van der Waals surface area (Å²) in [6.45, 7) is 0. The van der Waals surface area contributed by atoms with Gasteiger partial charge in [-0.25, -0.2) is 8.42 Å². The van der Waals surface area contributed by atoms with Crippen LogP contribution in [-0.4, -0.2) is 13.5 Å². The van der Waals surface area contributed by atoms with Crippen molar-refractivity contribution in [2.45, 2.75) is 14.7 Å². The highest BCUT2D eigenvalue weighted by Gasteiger charge is 2.19. The van der Waals surface area contributed by atoms with Crippen molar-refractivity contribution in [1.82, 2.24) is 0 Å². The van der Waals surface area contributed by atoms with Gasteiger partial charge < -0.3 is 5.11 Å². The Hall–Kier alpha value is -2.48. The molecule has 29 heavy (non-hydrogen) atoms. The number of fused-ring (bicyclic) bond motifs is 1. The van der Waals surface area contributed by atoms with Crippen molar-refractivity contribution in [2.24, 2.45) is 0 Å². The van der Waals surface area contributed by atoms with Gasteiger partial charge in [-0.1, -0.05) is 76.2 Å². The van der Waals surface area contributed by atoms with Crippen molar-refractivity contribution in [3.05, 3.63) is 89.4 Å². The molecule has 0 aliphatic rings. The number of hydrogen-bond donors (Lipinski definition) is 2. The van der Waals surface area contributed by atoms with E-state index in [1.165, 1.54) is 17.8 Å². The third-order valence-corrected chi connectivity index (χ3v) is 7.20. The average Bonchev–Trinajstić information content (AvgIpc) is 2.72. The van der Waals surface area contributed by atoms with Crippen LogP contribution in [0.2, 0.25) is 0 Å². The second-order valence-electron chi connectivity index (χ2n) is 6.29. The fraction of sp³-hybridized carbons (Fsp3) is 0. The lowest BCUT2D eigenvalue weighted by Crippen LogP contribution is -2.13. The molecule has 0 unspecified atom stereocenters. The van der Waals surface area contributed by atoms with E-state index in [0.717, 1.165) is 4.90 Å². The minimum absolute atomic E-state index is 0.125. The van der Waals surface area contributed by atoms with E-state index in [9.17, 15) is 13.5 Å². The molecule has 0 bridgehead atoms. The fourth-order valence-electron chi connectivity index (χ4n) is 2.95. The highest BCUT2D eigenvalue weighted by atomic mass is 79.9. The van der Waals surface area contributed by atoms with Crippen molar-refractivity contribution in [2.75, 3.05) is 4.72 Å². The van der Waals surface area contributed by atoms with Crippen LogP contribution in [0.25, 0.3) is 10.8 Å². The first kappa shape index (κ1) is 19.8. The minimum atomic E-state index is -3.80. The SMILES string of the molecule is O=S(=O)(Nc1cc(Sc2ccccc2)c(O)c2ccccc12)c1cccc(Br)c1. The van der Waals surface area contributed by atoms with Gasteiger partial charge in [0.15, 0.2) is 0 Å². The van der Waals surface area contributed by atoms with E-state index in [0.29, 0.717) is 25.8 Å². The van der Waals surface area contributed by atoms with Gasteiger partial charge in [0.2, 0.25) is 0 Å².